The minimum Gasteiger partial charge on any atom is -0.494 e. The molecular weight excluding hydrogens is 458 g/mol. The number of H-pyrrole nitrogens is 1. The molecule has 4 aromatic rings. The van der Waals surface area contributed by atoms with Gasteiger partial charge < -0.3 is 25.1 Å². The highest BCUT2D eigenvalue weighted by Gasteiger charge is 2.13. The van der Waals surface area contributed by atoms with Gasteiger partial charge >= 0.3 is 0 Å². The summed E-state index contributed by atoms with van der Waals surface area (Å²) in [5, 5.41) is 6.88. The van der Waals surface area contributed by atoms with Crippen LogP contribution in [0.2, 0.25) is 0 Å². The van der Waals surface area contributed by atoms with Gasteiger partial charge in [0.2, 0.25) is 0 Å². The van der Waals surface area contributed by atoms with Gasteiger partial charge in [0.15, 0.2) is 12.4 Å². The van der Waals surface area contributed by atoms with E-state index in [0.29, 0.717) is 41.0 Å². The topological polar surface area (TPSA) is 118 Å². The first kappa shape index (κ1) is 24.7. The highest BCUT2D eigenvalue weighted by molar-refractivity contribution is 5.93. The number of rotatable bonds is 9. The van der Waals surface area contributed by atoms with E-state index in [0.717, 1.165) is 16.5 Å². The van der Waals surface area contributed by atoms with Crippen LogP contribution in [0.5, 0.6) is 11.5 Å². The maximum atomic E-state index is 12.0. The van der Waals surface area contributed by atoms with Crippen LogP contribution in [0.4, 0.5) is 11.5 Å². The zero-order chi connectivity index (χ0) is 25.7. The van der Waals surface area contributed by atoms with Crippen molar-refractivity contribution < 1.29 is 14.3 Å². The van der Waals surface area contributed by atoms with Crippen molar-refractivity contribution in [2.24, 2.45) is 0 Å². The number of hydrogen-bond acceptors (Lipinski definition) is 7. The lowest BCUT2D eigenvalue weighted by Gasteiger charge is -2.13. The number of amides is 1. The summed E-state index contributed by atoms with van der Waals surface area (Å²) in [6, 6.07) is 14.7. The number of aromatic nitrogens is 3. The number of hydrogen-bond donors (Lipinski definition) is 3. The normalized spacial score (nSPS) is 10.9. The van der Waals surface area contributed by atoms with Crippen LogP contribution in [-0.2, 0) is 4.79 Å². The molecule has 2 heterocycles. The van der Waals surface area contributed by atoms with Gasteiger partial charge in [0.1, 0.15) is 17.3 Å². The predicted octanol–water partition coefficient (Wildman–Crippen LogP) is 4.34. The Morgan fingerprint density at radius 2 is 1.86 bits per heavy atom. The predicted molar refractivity (Wildman–Crippen MR) is 140 cm³/mol. The number of benzene rings is 2. The second-order valence-corrected chi connectivity index (χ2v) is 8.57. The van der Waals surface area contributed by atoms with Gasteiger partial charge in [0, 0.05) is 28.8 Å². The number of carbonyl (C=O) groups is 1. The number of ether oxygens (including phenoxy) is 2. The van der Waals surface area contributed by atoms with Crippen LogP contribution in [0.3, 0.4) is 0 Å². The summed E-state index contributed by atoms with van der Waals surface area (Å²) in [6.07, 6.45) is 1.60. The Bertz CT molecular complexity index is 1450. The zero-order valence-corrected chi connectivity index (χ0v) is 20.7. The van der Waals surface area contributed by atoms with Crippen molar-refractivity contribution in [3.63, 3.8) is 0 Å². The molecule has 0 aliphatic rings. The van der Waals surface area contributed by atoms with Crippen LogP contribution in [0.1, 0.15) is 26.3 Å². The van der Waals surface area contributed by atoms with Gasteiger partial charge in [-0.05, 0) is 64.1 Å². The van der Waals surface area contributed by atoms with E-state index in [4.69, 9.17) is 19.4 Å². The lowest BCUT2D eigenvalue weighted by atomic mass is 10.1. The molecular formula is C27H29N5O4. The lowest BCUT2D eigenvalue weighted by molar-refractivity contribution is -0.123. The molecule has 0 spiro atoms. The van der Waals surface area contributed by atoms with E-state index in [1.807, 2.05) is 51.1 Å². The highest BCUT2D eigenvalue weighted by atomic mass is 16.5. The monoisotopic (exact) mass is 487 g/mol. The SMILES string of the molecule is CCOc1ccc2nc(-c3cccc(OCC(=O)NC(C)C)c3)nc(Nc3c[nH]c(=O)c(C)c3)c2c1. The molecule has 2 aromatic heterocycles. The molecule has 0 aliphatic heterocycles. The molecule has 1 amide bonds. The minimum absolute atomic E-state index is 0.0406. The summed E-state index contributed by atoms with van der Waals surface area (Å²) in [6.45, 7) is 7.91. The molecule has 0 saturated carbocycles. The fraction of sp³-hybridized carbons (Fsp3) is 0.259. The molecule has 0 unspecified atom stereocenters. The number of fused-ring (bicyclic) bond motifs is 1. The van der Waals surface area contributed by atoms with E-state index in [1.54, 1.807) is 31.3 Å². The molecule has 186 valence electrons. The lowest BCUT2D eigenvalue weighted by Crippen LogP contribution is -2.34. The number of aryl methyl sites for hydroxylation is 1. The van der Waals surface area contributed by atoms with Crippen LogP contribution >= 0.6 is 0 Å². The number of nitrogens with zero attached hydrogens (tertiary/aromatic N) is 2. The second kappa shape index (κ2) is 10.9. The minimum atomic E-state index is -0.190. The van der Waals surface area contributed by atoms with Gasteiger partial charge in [-0.2, -0.15) is 0 Å². The van der Waals surface area contributed by atoms with Crippen LogP contribution in [0.15, 0.2) is 59.5 Å². The molecule has 0 saturated heterocycles. The smallest absolute Gasteiger partial charge is 0.258 e. The average molecular weight is 488 g/mol. The number of carbonyl (C=O) groups excluding carboxylic acids is 1. The molecule has 0 bridgehead atoms. The van der Waals surface area contributed by atoms with Crippen LogP contribution in [0.25, 0.3) is 22.3 Å². The van der Waals surface area contributed by atoms with E-state index >= 15 is 0 Å². The van der Waals surface area contributed by atoms with E-state index in [9.17, 15) is 9.59 Å². The molecule has 9 heteroatoms. The number of pyridine rings is 1. The third kappa shape index (κ3) is 5.99. The molecule has 2 aromatic carbocycles. The summed E-state index contributed by atoms with van der Waals surface area (Å²) in [7, 11) is 0. The Morgan fingerprint density at radius 3 is 2.61 bits per heavy atom. The first-order valence-corrected chi connectivity index (χ1v) is 11.8. The molecule has 0 fully saturated rings. The van der Waals surface area contributed by atoms with Crippen molar-refractivity contribution in [2.75, 3.05) is 18.5 Å². The van der Waals surface area contributed by atoms with Gasteiger partial charge in [-0.1, -0.05) is 12.1 Å². The summed E-state index contributed by atoms with van der Waals surface area (Å²) < 4.78 is 11.4. The van der Waals surface area contributed by atoms with Gasteiger partial charge in [-0.25, -0.2) is 9.97 Å². The molecule has 9 nitrogen and oxygen atoms in total. The molecule has 0 radical (unpaired) electrons. The standard InChI is InChI=1S/C27H29N5O4/c1-5-35-21-9-10-23-22(13-21)26(30-19-11-17(4)27(34)28-14-19)32-25(31-23)18-7-6-8-20(12-18)36-15-24(33)29-16(2)3/h6-14,16H,5,15H2,1-4H3,(H,28,34)(H,29,33)(H,30,31,32). The van der Waals surface area contributed by atoms with E-state index in [-0.39, 0.29) is 24.1 Å². The Kier molecular flexibility index (Phi) is 7.48. The van der Waals surface area contributed by atoms with Crippen molar-refractivity contribution in [3.8, 4) is 22.9 Å². The first-order valence-electron chi connectivity index (χ1n) is 11.8. The highest BCUT2D eigenvalue weighted by Crippen LogP contribution is 2.31. The maximum absolute atomic E-state index is 12.0. The van der Waals surface area contributed by atoms with Crippen LogP contribution in [-0.4, -0.2) is 40.1 Å². The van der Waals surface area contributed by atoms with Gasteiger partial charge in [0.05, 0.1) is 17.8 Å². The Balaban J connectivity index is 1.71. The fourth-order valence-corrected chi connectivity index (χ4v) is 3.63. The zero-order valence-electron chi connectivity index (χ0n) is 20.7. The van der Waals surface area contributed by atoms with E-state index in [2.05, 4.69) is 15.6 Å². The van der Waals surface area contributed by atoms with Crippen LogP contribution in [0, 0.1) is 6.92 Å². The average Bonchev–Trinajstić information content (AvgIpc) is 2.85. The Labute approximate surface area is 208 Å². The quantitative estimate of drug-likeness (QED) is 0.321. The summed E-state index contributed by atoms with van der Waals surface area (Å²) in [5.74, 6) is 2.09. The number of anilines is 2. The number of nitrogens with one attached hydrogen (secondary N) is 3. The Morgan fingerprint density at radius 1 is 1.06 bits per heavy atom. The summed E-state index contributed by atoms with van der Waals surface area (Å²) in [4.78, 5) is 36.0. The number of aromatic amines is 1. The van der Waals surface area contributed by atoms with Crippen molar-refractivity contribution >= 4 is 28.3 Å². The third-order valence-corrected chi connectivity index (χ3v) is 5.24. The van der Waals surface area contributed by atoms with E-state index < -0.39 is 0 Å². The molecule has 4 rings (SSSR count). The van der Waals surface area contributed by atoms with Crippen molar-refractivity contribution in [1.29, 1.82) is 0 Å². The molecule has 0 atom stereocenters. The summed E-state index contributed by atoms with van der Waals surface area (Å²) >= 11 is 0. The van der Waals surface area contributed by atoms with Crippen molar-refractivity contribution in [1.82, 2.24) is 20.3 Å². The Hall–Kier alpha value is -4.40. The summed E-state index contributed by atoms with van der Waals surface area (Å²) in [5.41, 5.74) is 2.57. The maximum Gasteiger partial charge on any atom is 0.258 e. The first-order chi connectivity index (χ1) is 17.3. The molecule has 3 N–H and O–H groups in total. The second-order valence-electron chi connectivity index (χ2n) is 8.57. The van der Waals surface area contributed by atoms with Gasteiger partial charge in [-0.3, -0.25) is 9.59 Å². The fourth-order valence-electron chi connectivity index (χ4n) is 3.63. The molecule has 0 aliphatic carbocycles. The van der Waals surface area contributed by atoms with Gasteiger partial charge in [0.25, 0.3) is 11.5 Å². The van der Waals surface area contributed by atoms with Crippen molar-refractivity contribution in [3.05, 3.63) is 70.6 Å². The van der Waals surface area contributed by atoms with Crippen molar-refractivity contribution in [2.45, 2.75) is 33.7 Å². The van der Waals surface area contributed by atoms with E-state index in [1.165, 1.54) is 0 Å². The largest absolute Gasteiger partial charge is 0.494 e. The van der Waals surface area contributed by atoms with Crippen LogP contribution < -0.4 is 25.7 Å². The molecule has 36 heavy (non-hydrogen) atoms. The third-order valence-electron chi connectivity index (χ3n) is 5.24. The van der Waals surface area contributed by atoms with Gasteiger partial charge in [-0.15, -0.1) is 0 Å².